The molecule has 6 nitrogen and oxygen atoms in total. The molecule has 0 aromatic carbocycles. The van der Waals surface area contributed by atoms with E-state index in [9.17, 15) is 14.4 Å². The zero-order valence-corrected chi connectivity index (χ0v) is 31.8. The third-order valence-electron chi connectivity index (χ3n) is 8.72. The average Bonchev–Trinajstić information content (AvgIpc) is 3.08. The molecule has 0 heterocycles. The molecule has 0 spiro atoms. The van der Waals surface area contributed by atoms with Crippen LogP contribution in [0.5, 0.6) is 0 Å². The van der Waals surface area contributed by atoms with Gasteiger partial charge in [-0.25, -0.2) is 0 Å². The van der Waals surface area contributed by atoms with Crippen molar-refractivity contribution in [1.82, 2.24) is 5.32 Å². The number of unbranched alkanes of at least 4 members (excludes halogenated alkanes) is 17. The number of nitrogens with one attached hydrogen (secondary N) is 1. The Morgan fingerprint density at radius 1 is 0.531 bits per heavy atom. The summed E-state index contributed by atoms with van der Waals surface area (Å²) in [4.78, 5) is 34.9. The Kier molecular flexibility index (Phi) is 36.1. The average molecular weight is 686 g/mol. The van der Waals surface area contributed by atoms with Crippen molar-refractivity contribution in [3.05, 3.63) is 48.6 Å². The summed E-state index contributed by atoms with van der Waals surface area (Å²) in [5.74, 6) is -1.28. The van der Waals surface area contributed by atoms with Crippen molar-refractivity contribution >= 4 is 17.8 Å². The molecule has 0 rings (SSSR count). The van der Waals surface area contributed by atoms with Gasteiger partial charge in [-0.2, -0.15) is 0 Å². The maximum Gasteiger partial charge on any atom is 0.322 e. The Morgan fingerprint density at radius 3 is 1.53 bits per heavy atom. The van der Waals surface area contributed by atoms with Crippen LogP contribution in [-0.2, 0) is 19.1 Å². The van der Waals surface area contributed by atoms with Crippen molar-refractivity contribution in [3.63, 3.8) is 0 Å². The van der Waals surface area contributed by atoms with E-state index >= 15 is 0 Å². The number of aliphatic carboxylic acids is 1. The number of ether oxygens (including phenoxy) is 1. The maximum absolute atomic E-state index is 12.7. The predicted molar refractivity (Wildman–Crippen MR) is 208 cm³/mol. The summed E-state index contributed by atoms with van der Waals surface area (Å²) < 4.78 is 5.98. The predicted octanol–water partition coefficient (Wildman–Crippen LogP) is 12.3. The summed E-state index contributed by atoms with van der Waals surface area (Å²) in [7, 11) is 0. The SMILES string of the molecule is CCCCC/C=C\C/C=C\CCCC(CCCCCCCC(=O)NCC(=O)O)OC(=O)CCCCCCC/C=C\C/C=C\CCCCCC. The number of carboxylic acids is 1. The molecule has 0 aliphatic heterocycles. The Hall–Kier alpha value is -2.63. The number of amides is 1. The smallest absolute Gasteiger partial charge is 0.322 e. The molecule has 2 N–H and O–H groups in total. The summed E-state index contributed by atoms with van der Waals surface area (Å²) in [6.07, 6.45) is 48.0. The van der Waals surface area contributed by atoms with Gasteiger partial charge in [0.2, 0.25) is 5.91 Å². The molecule has 0 fully saturated rings. The van der Waals surface area contributed by atoms with E-state index in [1.165, 1.54) is 77.0 Å². The minimum Gasteiger partial charge on any atom is -0.480 e. The highest BCUT2D eigenvalue weighted by molar-refractivity contribution is 5.80. The third kappa shape index (κ3) is 38.0. The lowest BCUT2D eigenvalue weighted by molar-refractivity contribution is -0.150. The first-order chi connectivity index (χ1) is 24.0. The third-order valence-corrected chi connectivity index (χ3v) is 8.72. The topological polar surface area (TPSA) is 92.7 Å². The molecule has 0 aromatic heterocycles. The zero-order chi connectivity index (χ0) is 35.9. The van der Waals surface area contributed by atoms with Gasteiger partial charge in [-0.05, 0) is 96.3 Å². The monoisotopic (exact) mass is 686 g/mol. The number of hydrogen-bond acceptors (Lipinski definition) is 4. The van der Waals surface area contributed by atoms with Gasteiger partial charge in [-0.15, -0.1) is 0 Å². The molecule has 6 heteroatoms. The Balaban J connectivity index is 4.25. The molecule has 0 bridgehead atoms. The van der Waals surface area contributed by atoms with Crippen LogP contribution in [0.25, 0.3) is 0 Å². The van der Waals surface area contributed by atoms with Crippen LogP contribution >= 0.6 is 0 Å². The Bertz CT molecular complexity index is 891. The standard InChI is InChI=1S/C43H75NO5/c1-3-5-7-9-11-13-15-16-17-18-19-21-23-25-30-34-38-43(48)49-40(35-31-27-24-22-20-14-12-10-8-6-4-2)36-32-28-26-29-33-37-41(45)44-39-42(46)47/h12-15,17-18,22,24,40H,3-11,16,19-21,23,25-39H2,1-2H3,(H,44,45)(H,46,47)/b14-12-,15-13-,18-17-,24-22-. The molecule has 0 saturated carbocycles. The Morgan fingerprint density at radius 2 is 0.959 bits per heavy atom. The van der Waals surface area contributed by atoms with Crippen molar-refractivity contribution in [3.8, 4) is 0 Å². The second kappa shape index (κ2) is 38.2. The van der Waals surface area contributed by atoms with Gasteiger partial charge in [0, 0.05) is 12.8 Å². The van der Waals surface area contributed by atoms with Crippen LogP contribution in [0.1, 0.15) is 194 Å². The first-order valence-electron chi connectivity index (χ1n) is 20.3. The van der Waals surface area contributed by atoms with Crippen LogP contribution in [0.4, 0.5) is 0 Å². The van der Waals surface area contributed by atoms with Crippen LogP contribution in [0.2, 0.25) is 0 Å². The van der Waals surface area contributed by atoms with Gasteiger partial charge in [0.1, 0.15) is 12.6 Å². The fraction of sp³-hybridized carbons (Fsp3) is 0.744. The number of esters is 1. The van der Waals surface area contributed by atoms with Gasteiger partial charge in [-0.1, -0.05) is 133 Å². The highest BCUT2D eigenvalue weighted by Crippen LogP contribution is 2.17. The molecule has 0 saturated heterocycles. The zero-order valence-electron chi connectivity index (χ0n) is 31.8. The van der Waals surface area contributed by atoms with E-state index < -0.39 is 5.97 Å². The first-order valence-corrected chi connectivity index (χ1v) is 20.3. The van der Waals surface area contributed by atoms with Crippen LogP contribution in [0.3, 0.4) is 0 Å². The number of carbonyl (C=O) groups is 3. The van der Waals surface area contributed by atoms with Crippen molar-refractivity contribution < 1.29 is 24.2 Å². The van der Waals surface area contributed by atoms with Gasteiger partial charge < -0.3 is 15.2 Å². The lowest BCUT2D eigenvalue weighted by atomic mass is 10.0. The van der Waals surface area contributed by atoms with Gasteiger partial charge in [-0.3, -0.25) is 14.4 Å². The minimum atomic E-state index is -1.02. The lowest BCUT2D eigenvalue weighted by Gasteiger charge is -2.18. The van der Waals surface area contributed by atoms with Gasteiger partial charge in [0.05, 0.1) is 0 Å². The first kappa shape index (κ1) is 46.4. The van der Waals surface area contributed by atoms with Crippen molar-refractivity contribution in [2.45, 2.75) is 200 Å². The number of allylic oxidation sites excluding steroid dienone is 8. The van der Waals surface area contributed by atoms with Crippen LogP contribution in [0, 0.1) is 0 Å². The number of carbonyl (C=O) groups excluding carboxylic acids is 2. The highest BCUT2D eigenvalue weighted by Gasteiger charge is 2.14. The van der Waals surface area contributed by atoms with Crippen molar-refractivity contribution in [1.29, 1.82) is 0 Å². The molecular formula is C43H75NO5. The normalized spacial score (nSPS) is 12.5. The maximum atomic E-state index is 12.7. The molecule has 1 amide bonds. The number of rotatable bonds is 36. The second-order valence-corrected chi connectivity index (χ2v) is 13.5. The van der Waals surface area contributed by atoms with Crippen LogP contribution in [0.15, 0.2) is 48.6 Å². The van der Waals surface area contributed by atoms with E-state index in [4.69, 9.17) is 9.84 Å². The fourth-order valence-corrected chi connectivity index (χ4v) is 5.70. The molecule has 0 aliphatic carbocycles. The Labute approximate surface area is 301 Å². The van der Waals surface area contributed by atoms with E-state index in [0.29, 0.717) is 12.8 Å². The van der Waals surface area contributed by atoms with E-state index in [2.05, 4.69) is 67.8 Å². The molecule has 0 radical (unpaired) electrons. The number of carboxylic acid groups (broad SMARTS) is 1. The molecule has 49 heavy (non-hydrogen) atoms. The van der Waals surface area contributed by atoms with E-state index in [0.717, 1.165) is 89.9 Å². The van der Waals surface area contributed by atoms with E-state index in [1.54, 1.807) is 0 Å². The molecule has 1 unspecified atom stereocenters. The van der Waals surface area contributed by atoms with Gasteiger partial charge in [0.15, 0.2) is 0 Å². The fourth-order valence-electron chi connectivity index (χ4n) is 5.70. The summed E-state index contributed by atoms with van der Waals surface area (Å²) in [5.41, 5.74) is 0. The summed E-state index contributed by atoms with van der Waals surface area (Å²) >= 11 is 0. The van der Waals surface area contributed by atoms with Crippen molar-refractivity contribution in [2.24, 2.45) is 0 Å². The lowest BCUT2D eigenvalue weighted by Crippen LogP contribution is -2.28. The quantitative estimate of drug-likeness (QED) is 0.0389. The van der Waals surface area contributed by atoms with Crippen LogP contribution in [-0.4, -0.2) is 35.6 Å². The highest BCUT2D eigenvalue weighted by atomic mass is 16.5. The molecule has 1 atom stereocenters. The van der Waals surface area contributed by atoms with E-state index in [-0.39, 0.29) is 24.5 Å². The summed E-state index contributed by atoms with van der Waals surface area (Å²) in [6, 6.07) is 0. The van der Waals surface area contributed by atoms with E-state index in [1.807, 2.05) is 0 Å². The van der Waals surface area contributed by atoms with Gasteiger partial charge >= 0.3 is 11.9 Å². The van der Waals surface area contributed by atoms with Gasteiger partial charge in [0.25, 0.3) is 0 Å². The minimum absolute atomic E-state index is 0.0242. The summed E-state index contributed by atoms with van der Waals surface area (Å²) in [6.45, 7) is 4.17. The molecule has 0 aromatic rings. The largest absolute Gasteiger partial charge is 0.480 e. The molecular weight excluding hydrogens is 610 g/mol. The van der Waals surface area contributed by atoms with Crippen molar-refractivity contribution in [2.75, 3.05) is 6.54 Å². The second-order valence-electron chi connectivity index (χ2n) is 13.5. The number of hydrogen-bond donors (Lipinski definition) is 2. The van der Waals surface area contributed by atoms with Crippen LogP contribution < -0.4 is 5.32 Å². The molecule has 282 valence electrons. The molecule has 0 aliphatic rings. The summed E-state index contributed by atoms with van der Waals surface area (Å²) in [5, 5.41) is 11.1.